The summed E-state index contributed by atoms with van der Waals surface area (Å²) in [5.41, 5.74) is 4.97. The van der Waals surface area contributed by atoms with E-state index >= 15 is 0 Å². The number of halogens is 3. The van der Waals surface area contributed by atoms with Crippen molar-refractivity contribution < 1.29 is 18.0 Å². The zero-order valence-corrected chi connectivity index (χ0v) is 8.18. The highest BCUT2D eigenvalue weighted by Crippen LogP contribution is 2.24. The third kappa shape index (κ3) is 4.48. The molecule has 1 fully saturated rings. The lowest BCUT2D eigenvalue weighted by molar-refractivity contribution is -0.150. The van der Waals surface area contributed by atoms with E-state index in [1.807, 2.05) is 0 Å². The number of hydrogen-bond donors (Lipinski definition) is 2. The minimum atomic E-state index is -4.21. The summed E-state index contributed by atoms with van der Waals surface area (Å²) < 4.78 is 36.5. The summed E-state index contributed by atoms with van der Waals surface area (Å²) in [6.07, 6.45) is -5.12. The topological polar surface area (TPSA) is 58.4 Å². The molecule has 1 saturated heterocycles. The fourth-order valence-corrected chi connectivity index (χ4v) is 1.68. The minimum Gasteiger partial charge on any atom is -0.369 e. The van der Waals surface area contributed by atoms with Crippen molar-refractivity contribution in [2.24, 2.45) is 5.73 Å². The smallest absolute Gasteiger partial charge is 0.369 e. The van der Waals surface area contributed by atoms with E-state index < -0.39 is 24.5 Å². The van der Waals surface area contributed by atoms with E-state index in [4.69, 9.17) is 5.73 Å². The van der Waals surface area contributed by atoms with Gasteiger partial charge in [0.2, 0.25) is 5.91 Å². The molecule has 88 valence electrons. The Balaban J connectivity index is 2.53. The van der Waals surface area contributed by atoms with Crippen LogP contribution in [0.25, 0.3) is 0 Å². The summed E-state index contributed by atoms with van der Waals surface area (Å²) in [6.45, 7) is 1.14. The average molecular weight is 225 g/mol. The number of hydrogen-bond acceptors (Lipinski definition) is 3. The quantitative estimate of drug-likeness (QED) is 0.693. The molecule has 0 spiro atoms. The average Bonchev–Trinajstić information content (AvgIpc) is 2.05. The van der Waals surface area contributed by atoms with E-state index in [0.29, 0.717) is 13.1 Å². The Bertz CT molecular complexity index is 232. The molecular formula is C8H14F3N3O. The molecule has 1 aliphatic heterocycles. The molecule has 0 radical (unpaired) electrons. The third-order valence-corrected chi connectivity index (χ3v) is 2.30. The summed E-state index contributed by atoms with van der Waals surface area (Å²) in [5, 5.41) is 2.87. The molecule has 1 heterocycles. The molecule has 0 aromatic carbocycles. The SMILES string of the molecule is NC(=O)CN1CCNCC1CC(F)(F)F. The second-order valence-corrected chi connectivity index (χ2v) is 3.61. The molecule has 1 aliphatic rings. The van der Waals surface area contributed by atoms with Crippen LogP contribution in [-0.4, -0.2) is 49.2 Å². The number of amides is 1. The van der Waals surface area contributed by atoms with Gasteiger partial charge in [0.15, 0.2) is 0 Å². The monoisotopic (exact) mass is 225 g/mol. The molecule has 7 heteroatoms. The first-order valence-electron chi connectivity index (χ1n) is 4.68. The molecule has 1 rings (SSSR count). The lowest BCUT2D eigenvalue weighted by atomic mass is 10.1. The van der Waals surface area contributed by atoms with Gasteiger partial charge in [-0.2, -0.15) is 13.2 Å². The summed E-state index contributed by atoms with van der Waals surface area (Å²) >= 11 is 0. The molecule has 3 N–H and O–H groups in total. The van der Waals surface area contributed by atoms with Gasteiger partial charge in [-0.15, -0.1) is 0 Å². The van der Waals surface area contributed by atoms with Crippen molar-refractivity contribution in [2.45, 2.75) is 18.6 Å². The maximum atomic E-state index is 12.2. The lowest BCUT2D eigenvalue weighted by Gasteiger charge is -2.35. The van der Waals surface area contributed by atoms with Gasteiger partial charge in [0.25, 0.3) is 0 Å². The molecule has 0 aromatic heterocycles. The third-order valence-electron chi connectivity index (χ3n) is 2.30. The van der Waals surface area contributed by atoms with Crippen LogP contribution in [0.1, 0.15) is 6.42 Å². The largest absolute Gasteiger partial charge is 0.390 e. The molecule has 1 atom stereocenters. The van der Waals surface area contributed by atoms with Crippen molar-refractivity contribution >= 4 is 5.91 Å². The molecule has 0 bridgehead atoms. The zero-order valence-electron chi connectivity index (χ0n) is 8.18. The second-order valence-electron chi connectivity index (χ2n) is 3.61. The van der Waals surface area contributed by atoms with Crippen molar-refractivity contribution in [1.82, 2.24) is 10.2 Å². The normalized spacial score (nSPS) is 24.1. The maximum absolute atomic E-state index is 12.2. The Morgan fingerprint density at radius 3 is 2.73 bits per heavy atom. The fraction of sp³-hybridized carbons (Fsp3) is 0.875. The molecule has 15 heavy (non-hydrogen) atoms. The lowest BCUT2D eigenvalue weighted by Crippen LogP contribution is -2.54. The summed E-state index contributed by atoms with van der Waals surface area (Å²) in [4.78, 5) is 12.1. The van der Waals surface area contributed by atoms with Gasteiger partial charge >= 0.3 is 6.18 Å². The Morgan fingerprint density at radius 1 is 1.53 bits per heavy atom. The van der Waals surface area contributed by atoms with Gasteiger partial charge in [-0.1, -0.05) is 0 Å². The van der Waals surface area contributed by atoms with Crippen molar-refractivity contribution in [3.8, 4) is 0 Å². The second kappa shape index (κ2) is 4.80. The van der Waals surface area contributed by atoms with E-state index in [0.717, 1.165) is 0 Å². The van der Waals surface area contributed by atoms with Crippen molar-refractivity contribution in [1.29, 1.82) is 0 Å². The van der Waals surface area contributed by atoms with Crippen LogP contribution in [0.15, 0.2) is 0 Å². The Morgan fingerprint density at radius 2 is 2.20 bits per heavy atom. The molecule has 4 nitrogen and oxygen atoms in total. The maximum Gasteiger partial charge on any atom is 0.390 e. The van der Waals surface area contributed by atoms with Gasteiger partial charge < -0.3 is 11.1 Å². The molecule has 0 aliphatic carbocycles. The molecule has 0 aromatic rings. The summed E-state index contributed by atoms with van der Waals surface area (Å²) in [5.74, 6) is -0.593. The highest BCUT2D eigenvalue weighted by Gasteiger charge is 2.35. The molecule has 0 saturated carbocycles. The van der Waals surface area contributed by atoms with Crippen LogP contribution < -0.4 is 11.1 Å². The summed E-state index contributed by atoms with van der Waals surface area (Å²) in [7, 11) is 0. The van der Waals surface area contributed by atoms with Gasteiger partial charge in [0, 0.05) is 25.7 Å². The van der Waals surface area contributed by atoms with Gasteiger partial charge in [0.05, 0.1) is 13.0 Å². The number of carbonyl (C=O) groups is 1. The number of carbonyl (C=O) groups excluding carboxylic acids is 1. The highest BCUT2D eigenvalue weighted by atomic mass is 19.4. The Kier molecular flexibility index (Phi) is 3.92. The van der Waals surface area contributed by atoms with Crippen LogP contribution in [0.5, 0.6) is 0 Å². The van der Waals surface area contributed by atoms with Gasteiger partial charge in [0.1, 0.15) is 0 Å². The van der Waals surface area contributed by atoms with Crippen LogP contribution in [0, 0.1) is 0 Å². The number of primary amides is 1. The highest BCUT2D eigenvalue weighted by molar-refractivity contribution is 5.76. The predicted octanol–water partition coefficient (Wildman–Crippen LogP) is -0.302. The van der Waals surface area contributed by atoms with E-state index in [-0.39, 0.29) is 13.1 Å². The van der Waals surface area contributed by atoms with Gasteiger partial charge in [-0.05, 0) is 0 Å². The van der Waals surface area contributed by atoms with Crippen molar-refractivity contribution in [3.63, 3.8) is 0 Å². The first-order valence-corrected chi connectivity index (χ1v) is 4.68. The molecule has 1 unspecified atom stereocenters. The molecular weight excluding hydrogens is 211 g/mol. The number of rotatable bonds is 3. The number of piperazine rings is 1. The Labute approximate surface area is 85.6 Å². The van der Waals surface area contributed by atoms with Crippen LogP contribution >= 0.6 is 0 Å². The van der Waals surface area contributed by atoms with Crippen molar-refractivity contribution in [2.75, 3.05) is 26.2 Å². The fourth-order valence-electron chi connectivity index (χ4n) is 1.68. The molecule has 1 amide bonds. The summed E-state index contributed by atoms with van der Waals surface area (Å²) in [6, 6.07) is -0.689. The number of nitrogens with two attached hydrogens (primary N) is 1. The first kappa shape index (κ1) is 12.3. The van der Waals surface area contributed by atoms with E-state index in [2.05, 4.69) is 5.32 Å². The van der Waals surface area contributed by atoms with E-state index in [1.165, 1.54) is 4.90 Å². The van der Waals surface area contributed by atoms with Gasteiger partial charge in [-0.3, -0.25) is 9.69 Å². The van der Waals surface area contributed by atoms with Crippen LogP contribution in [-0.2, 0) is 4.79 Å². The first-order chi connectivity index (χ1) is 6.88. The number of nitrogens with one attached hydrogen (secondary N) is 1. The zero-order chi connectivity index (χ0) is 11.5. The van der Waals surface area contributed by atoms with E-state index in [9.17, 15) is 18.0 Å². The van der Waals surface area contributed by atoms with Crippen LogP contribution in [0.2, 0.25) is 0 Å². The standard InChI is InChI=1S/C8H14F3N3O/c9-8(10,11)3-6-4-13-1-2-14(6)5-7(12)15/h6,13H,1-5H2,(H2,12,15). The van der Waals surface area contributed by atoms with Crippen LogP contribution in [0.3, 0.4) is 0 Å². The van der Waals surface area contributed by atoms with Crippen molar-refractivity contribution in [3.05, 3.63) is 0 Å². The van der Waals surface area contributed by atoms with E-state index in [1.54, 1.807) is 0 Å². The number of alkyl halides is 3. The van der Waals surface area contributed by atoms with Crippen LogP contribution in [0.4, 0.5) is 13.2 Å². The predicted molar refractivity (Wildman–Crippen MR) is 48.1 cm³/mol. The van der Waals surface area contributed by atoms with Gasteiger partial charge in [-0.25, -0.2) is 0 Å². The Hall–Kier alpha value is -0.820. The minimum absolute atomic E-state index is 0.109. The number of nitrogens with zero attached hydrogens (tertiary/aromatic N) is 1.